The first-order valence-corrected chi connectivity index (χ1v) is 6.94. The van der Waals surface area contributed by atoms with Crippen molar-refractivity contribution in [1.29, 1.82) is 0 Å². The van der Waals surface area contributed by atoms with Gasteiger partial charge in [-0.25, -0.2) is 4.85 Å². The molecule has 0 aliphatic rings. The molecule has 0 bridgehead atoms. The van der Waals surface area contributed by atoms with Crippen molar-refractivity contribution < 1.29 is 0 Å². The normalized spacial score (nSPS) is 12.5. The van der Waals surface area contributed by atoms with Gasteiger partial charge in [0.2, 0.25) is 5.69 Å². The van der Waals surface area contributed by atoms with Crippen molar-refractivity contribution in [3.05, 3.63) is 63.0 Å². The van der Waals surface area contributed by atoms with Gasteiger partial charge in [-0.1, -0.05) is 35.9 Å². The summed E-state index contributed by atoms with van der Waals surface area (Å²) in [5.74, 6) is 0. The van der Waals surface area contributed by atoms with Crippen LogP contribution in [0.1, 0.15) is 5.56 Å². The number of benzene rings is 2. The van der Waals surface area contributed by atoms with E-state index in [0.717, 1.165) is 16.3 Å². The van der Waals surface area contributed by atoms with Gasteiger partial charge >= 0.3 is 0 Å². The fourth-order valence-electron chi connectivity index (χ4n) is 2.05. The molecule has 0 saturated carbocycles. The van der Waals surface area contributed by atoms with Crippen molar-refractivity contribution in [3.8, 4) is 0 Å². The van der Waals surface area contributed by atoms with E-state index < -0.39 is 0 Å². The molecule has 0 aromatic heterocycles. The summed E-state index contributed by atoms with van der Waals surface area (Å²) in [5.41, 5.74) is 7.41. The van der Waals surface area contributed by atoms with Crippen LogP contribution in [0.5, 0.6) is 0 Å². The zero-order valence-corrected chi connectivity index (χ0v) is 13.0. The number of hydrogen-bond acceptors (Lipinski definition) is 2. The molecular weight excluding hydrogens is 338 g/mol. The van der Waals surface area contributed by atoms with Gasteiger partial charge in [0.05, 0.1) is 16.8 Å². The Balaban J connectivity index is 2.84. The van der Waals surface area contributed by atoms with Crippen molar-refractivity contribution in [2.75, 3.05) is 7.05 Å². The van der Waals surface area contributed by atoms with Crippen LogP contribution in [-0.4, -0.2) is 12.8 Å². The number of fused-ring (bicyclic) bond motifs is 1. The van der Waals surface area contributed by atoms with Crippen LogP contribution in [0.15, 0.2) is 46.0 Å². The van der Waals surface area contributed by atoms with E-state index in [4.69, 9.17) is 23.9 Å². The monoisotopic (exact) mass is 347 g/mol. The second-order valence-corrected chi connectivity index (χ2v) is 5.26. The van der Waals surface area contributed by atoms with Crippen LogP contribution in [0.3, 0.4) is 0 Å². The van der Waals surface area contributed by atoms with Gasteiger partial charge in [-0.3, -0.25) is 4.99 Å². The highest BCUT2D eigenvalue weighted by Crippen LogP contribution is 2.35. The highest BCUT2D eigenvalue weighted by molar-refractivity contribution is 9.12. The van der Waals surface area contributed by atoms with Gasteiger partial charge in [0.25, 0.3) is 0 Å². The lowest BCUT2D eigenvalue weighted by Gasteiger charge is -2.10. The Labute approximate surface area is 130 Å². The van der Waals surface area contributed by atoms with E-state index in [1.165, 1.54) is 6.20 Å². The zero-order chi connectivity index (χ0) is 14.7. The van der Waals surface area contributed by atoms with Gasteiger partial charge in [0, 0.05) is 23.8 Å². The Morgan fingerprint density at radius 3 is 2.70 bits per heavy atom. The molecule has 0 saturated heterocycles. The molecule has 0 spiro atoms. The van der Waals surface area contributed by atoms with Crippen LogP contribution in [0.2, 0.25) is 5.02 Å². The summed E-state index contributed by atoms with van der Waals surface area (Å²) in [6.45, 7) is 7.46. The van der Waals surface area contributed by atoms with Crippen LogP contribution >= 0.6 is 27.5 Å². The Hall–Kier alpha value is -1.83. The predicted molar refractivity (Wildman–Crippen MR) is 88.9 cm³/mol. The Morgan fingerprint density at radius 2 is 2.10 bits per heavy atom. The van der Waals surface area contributed by atoms with Gasteiger partial charge in [0.1, 0.15) is 0 Å². The van der Waals surface area contributed by atoms with Gasteiger partial charge in [-0.2, -0.15) is 0 Å². The summed E-state index contributed by atoms with van der Waals surface area (Å²) in [5, 5.41) is 2.29. The maximum absolute atomic E-state index is 7.46. The average Bonchev–Trinajstić information content (AvgIpc) is 2.47. The molecule has 2 aromatic carbocycles. The third-order valence-electron chi connectivity index (χ3n) is 2.94. The average molecular weight is 349 g/mol. The van der Waals surface area contributed by atoms with E-state index in [-0.39, 0.29) is 0 Å². The molecule has 100 valence electrons. The van der Waals surface area contributed by atoms with Gasteiger partial charge in [-0.05, 0) is 32.8 Å². The quantitative estimate of drug-likeness (QED) is 0.622. The number of allylic oxidation sites excluding steroid dienone is 1. The van der Waals surface area contributed by atoms with Gasteiger partial charge < -0.3 is 5.73 Å². The minimum atomic E-state index is 0.518. The molecule has 0 fully saturated rings. The van der Waals surface area contributed by atoms with E-state index in [0.29, 0.717) is 20.9 Å². The van der Waals surface area contributed by atoms with Crippen molar-refractivity contribution >= 4 is 49.7 Å². The molecule has 0 aliphatic heterocycles. The molecule has 2 N–H and O–H groups in total. The highest BCUT2D eigenvalue weighted by atomic mass is 79.9. The first-order chi connectivity index (χ1) is 9.63. The summed E-state index contributed by atoms with van der Waals surface area (Å²) >= 11 is 9.53. The fourth-order valence-corrected chi connectivity index (χ4v) is 2.68. The van der Waals surface area contributed by atoms with E-state index in [1.54, 1.807) is 7.05 Å². The number of rotatable bonds is 2. The molecule has 0 amide bonds. The summed E-state index contributed by atoms with van der Waals surface area (Å²) in [6, 6.07) is 9.26. The number of nitrogens with two attached hydrogens (primary N) is 1. The van der Waals surface area contributed by atoms with Crippen LogP contribution in [0.25, 0.3) is 15.6 Å². The highest BCUT2D eigenvalue weighted by Gasteiger charge is 2.15. The van der Waals surface area contributed by atoms with Crippen LogP contribution in [0, 0.1) is 6.57 Å². The first-order valence-electron chi connectivity index (χ1n) is 5.77. The van der Waals surface area contributed by atoms with E-state index in [1.807, 2.05) is 30.3 Å². The van der Waals surface area contributed by atoms with E-state index in [2.05, 4.69) is 25.8 Å². The fraction of sp³-hybridized carbons (Fsp3) is 0.0667. The minimum absolute atomic E-state index is 0.518. The smallest absolute Gasteiger partial charge is 0.204 e. The first kappa shape index (κ1) is 14.6. The van der Waals surface area contributed by atoms with Gasteiger partial charge in [-0.15, -0.1) is 0 Å². The molecular formula is C15H11BrClN3. The third-order valence-corrected chi connectivity index (χ3v) is 3.91. The SMILES string of the molecule is [C-]#[N+]c1c(C(=NC)C(Br)=CN)ccc2c(Cl)cccc12. The van der Waals surface area contributed by atoms with E-state index >= 15 is 0 Å². The number of hydrogen-bond donors (Lipinski definition) is 1. The van der Waals surface area contributed by atoms with Crippen LogP contribution in [0.4, 0.5) is 5.69 Å². The van der Waals surface area contributed by atoms with E-state index in [9.17, 15) is 0 Å². The second-order valence-electron chi connectivity index (χ2n) is 4.00. The molecule has 0 unspecified atom stereocenters. The molecule has 20 heavy (non-hydrogen) atoms. The molecule has 0 radical (unpaired) electrons. The topological polar surface area (TPSA) is 42.7 Å². The third kappa shape index (κ3) is 2.43. The van der Waals surface area contributed by atoms with Crippen molar-refractivity contribution in [2.24, 2.45) is 10.7 Å². The largest absolute Gasteiger partial charge is 0.404 e. The molecule has 0 heterocycles. The number of aliphatic imine (C=N–C) groups is 1. The lowest BCUT2D eigenvalue weighted by molar-refractivity contribution is 1.43. The van der Waals surface area contributed by atoms with Crippen molar-refractivity contribution in [3.63, 3.8) is 0 Å². The molecule has 3 nitrogen and oxygen atoms in total. The maximum atomic E-state index is 7.46. The standard InChI is InChI=1S/C15H11BrClN3/c1-19-14-10-4-3-5-13(17)9(10)6-7-11(14)15(20-2)12(16)8-18/h3-8H,18H2,2H3. The summed E-state index contributed by atoms with van der Waals surface area (Å²) in [4.78, 5) is 7.86. The number of nitrogens with zero attached hydrogens (tertiary/aromatic N) is 2. The molecule has 0 aliphatic carbocycles. The zero-order valence-electron chi connectivity index (χ0n) is 10.7. The number of halogens is 2. The minimum Gasteiger partial charge on any atom is -0.404 e. The maximum Gasteiger partial charge on any atom is 0.204 e. The van der Waals surface area contributed by atoms with Crippen molar-refractivity contribution in [1.82, 2.24) is 0 Å². The van der Waals surface area contributed by atoms with Gasteiger partial charge in [0.15, 0.2) is 0 Å². The lowest BCUT2D eigenvalue weighted by Crippen LogP contribution is -2.03. The summed E-state index contributed by atoms with van der Waals surface area (Å²) in [6.07, 6.45) is 1.41. The summed E-state index contributed by atoms with van der Waals surface area (Å²) in [7, 11) is 1.66. The Kier molecular flexibility index (Phi) is 4.43. The van der Waals surface area contributed by atoms with Crippen LogP contribution in [-0.2, 0) is 0 Å². The molecule has 5 heteroatoms. The predicted octanol–water partition coefficient (Wildman–Crippen LogP) is 4.66. The molecule has 0 atom stereocenters. The lowest BCUT2D eigenvalue weighted by atomic mass is 10.0. The summed E-state index contributed by atoms with van der Waals surface area (Å²) < 4.78 is 0.645. The van der Waals surface area contributed by atoms with Crippen molar-refractivity contribution in [2.45, 2.75) is 0 Å². The van der Waals surface area contributed by atoms with Crippen LogP contribution < -0.4 is 5.73 Å². The second kappa shape index (κ2) is 6.08. The molecule has 2 aromatic rings. The Morgan fingerprint density at radius 1 is 1.35 bits per heavy atom. The Bertz CT molecular complexity index is 773. The molecule has 2 rings (SSSR count).